The lowest BCUT2D eigenvalue weighted by Gasteiger charge is -2.26. The minimum absolute atomic E-state index is 0.0910. The van der Waals surface area contributed by atoms with E-state index < -0.39 is 97.8 Å². The third kappa shape index (κ3) is 14.1. The fourth-order valence-corrected chi connectivity index (χ4v) is 8.79. The minimum atomic E-state index is -1.30. The average molecular weight is 1090 g/mol. The van der Waals surface area contributed by atoms with E-state index in [1.54, 1.807) is 83.7 Å². The number of nitrogens with two attached hydrogens (primary N) is 1. The lowest BCUT2D eigenvalue weighted by Crippen LogP contribution is -2.56. The predicted molar refractivity (Wildman–Crippen MR) is 287 cm³/mol. The monoisotopic (exact) mass is 1090 g/mol. The molecule has 0 aliphatic carbocycles. The first-order valence-corrected chi connectivity index (χ1v) is 25.0. The van der Waals surface area contributed by atoms with Gasteiger partial charge in [0.1, 0.15) is 73.4 Å². The summed E-state index contributed by atoms with van der Waals surface area (Å²) in [6, 6.07) is 10.1. The van der Waals surface area contributed by atoms with Crippen LogP contribution in [0.4, 0.5) is 16.4 Å². The highest BCUT2D eigenvalue weighted by Gasteiger charge is 2.48. The van der Waals surface area contributed by atoms with Gasteiger partial charge in [0.05, 0.1) is 44.0 Å². The van der Waals surface area contributed by atoms with Crippen molar-refractivity contribution < 1.29 is 58.5 Å². The van der Waals surface area contributed by atoms with Gasteiger partial charge in [-0.1, -0.05) is 36.1 Å². The number of nitrogens with zero attached hydrogens (tertiary/aromatic N) is 10. The maximum Gasteiger partial charge on any atom is 0.408 e. The van der Waals surface area contributed by atoms with E-state index in [0.717, 1.165) is 5.56 Å². The maximum atomic E-state index is 13.6. The summed E-state index contributed by atoms with van der Waals surface area (Å²) in [7, 11) is 7.30. The molecule has 2 saturated heterocycles. The number of ether oxygens (including phenoxy) is 5. The SMILES string of the molecule is C#CCOc1ccc(CC(N)C(=O)NC2[C@@H](CO)O[C@@H](n3cnc4c(N(C)C)ncnc43)[C@H]2O)cc1.C#CCOc1ccc(CC(NC(=O)OC(C)(C)C)C(=O)NC2[C@@H](CO)O[C@@H](n3cnc4c(N(C)C)ncnc43)[C@H]2O)cc1. The number of carbonyl (C=O) groups excluding carboxylic acids is 3. The summed E-state index contributed by atoms with van der Waals surface area (Å²) in [5.41, 5.74) is 8.76. The molecule has 4 aromatic heterocycles. The van der Waals surface area contributed by atoms with Crippen LogP contribution in [0.1, 0.15) is 44.4 Å². The van der Waals surface area contributed by atoms with Crippen molar-refractivity contribution in [1.29, 1.82) is 0 Å². The van der Waals surface area contributed by atoms with Crippen molar-refractivity contribution in [2.45, 2.75) is 100 Å². The van der Waals surface area contributed by atoms with Crippen LogP contribution < -0.4 is 41.0 Å². The van der Waals surface area contributed by atoms with Crippen LogP contribution in [-0.4, -0.2) is 186 Å². The molecular formula is C53H66N14O12. The number of rotatable bonds is 19. The van der Waals surface area contributed by atoms with Gasteiger partial charge in [-0.2, -0.15) is 0 Å². The Balaban J connectivity index is 0.000000232. The topological polar surface area (TPSA) is 334 Å². The number of fused-ring (bicyclic) bond motifs is 2. The third-order valence-electron chi connectivity index (χ3n) is 12.5. The van der Waals surface area contributed by atoms with Crippen molar-refractivity contribution in [3.05, 3.63) is 85.0 Å². The average Bonchev–Trinajstić information content (AvgIpc) is 4.22. The van der Waals surface area contributed by atoms with Crippen LogP contribution in [0.25, 0.3) is 22.3 Å². The second-order valence-corrected chi connectivity index (χ2v) is 19.9. The van der Waals surface area contributed by atoms with Crippen molar-refractivity contribution in [2.75, 3.05) is 64.4 Å². The van der Waals surface area contributed by atoms with Crippen LogP contribution in [0, 0.1) is 24.7 Å². The van der Waals surface area contributed by atoms with E-state index in [0.29, 0.717) is 51.0 Å². The molecule has 2 aliphatic rings. The van der Waals surface area contributed by atoms with Gasteiger partial charge in [0.25, 0.3) is 0 Å². The normalized spacial score (nSPS) is 21.4. The summed E-state index contributed by atoms with van der Waals surface area (Å²) < 4.78 is 31.1. The van der Waals surface area contributed by atoms with Gasteiger partial charge in [-0.3, -0.25) is 18.7 Å². The number of carbonyl (C=O) groups is 3. The lowest BCUT2D eigenvalue weighted by molar-refractivity contribution is -0.125. The Morgan fingerprint density at radius 2 is 1.13 bits per heavy atom. The van der Waals surface area contributed by atoms with Crippen molar-refractivity contribution in [3.63, 3.8) is 0 Å². The van der Waals surface area contributed by atoms with E-state index in [4.69, 9.17) is 42.3 Å². The van der Waals surface area contributed by atoms with E-state index in [2.05, 4.69) is 57.7 Å². The molecule has 6 heterocycles. The van der Waals surface area contributed by atoms with Gasteiger partial charge >= 0.3 is 6.09 Å². The quantitative estimate of drug-likeness (QED) is 0.0494. The first-order chi connectivity index (χ1) is 37.7. The zero-order valence-electron chi connectivity index (χ0n) is 44.7. The Bertz CT molecular complexity index is 3120. The van der Waals surface area contributed by atoms with Gasteiger partial charge in [0.2, 0.25) is 11.8 Å². The van der Waals surface area contributed by atoms with Crippen molar-refractivity contribution >= 4 is 51.9 Å². The standard InChI is InChI=1S/C29H37N7O7.C24H29N7O5/c1-7-12-41-18-10-8-17(9-11-18)13-19(33-28(40)43-29(2,3)4)26(39)34-21-20(14-37)42-27(23(21)38)36-16-32-22-24(35(5)6)30-15-31-25(22)36;1-4-9-35-15-7-5-14(6-8-15)10-16(25)23(34)29-18-17(11-32)36-24(20(18)33)31-13-28-19-21(30(2)3)26-12-27-22(19)31/h1,8-11,15-16,19-21,23,27,37-38H,12-14H2,2-6H3,(H,33,40)(H,34,39);1,5-8,12-13,16-18,20,24,32-33H,9-11,25H2,2-3H3,(H,29,34)/t19?,20-,21?,23+,27-;16?,17-,18?,20+,24-/m11/s1. The summed E-state index contributed by atoms with van der Waals surface area (Å²) in [5, 5.41) is 50.5. The van der Waals surface area contributed by atoms with Crippen LogP contribution in [-0.2, 0) is 36.6 Å². The van der Waals surface area contributed by atoms with E-state index in [9.17, 15) is 34.8 Å². The van der Waals surface area contributed by atoms with E-state index in [1.807, 2.05) is 28.2 Å². The van der Waals surface area contributed by atoms with Crippen LogP contribution in [0.5, 0.6) is 11.5 Å². The zero-order valence-corrected chi connectivity index (χ0v) is 44.7. The van der Waals surface area contributed by atoms with Gasteiger partial charge in [-0.15, -0.1) is 12.8 Å². The summed E-state index contributed by atoms with van der Waals surface area (Å²) >= 11 is 0. The Kier molecular flexibility index (Phi) is 19.2. The number of amides is 3. The number of terminal acetylenes is 2. The fourth-order valence-electron chi connectivity index (χ4n) is 8.79. The summed E-state index contributed by atoms with van der Waals surface area (Å²) in [4.78, 5) is 68.6. The first-order valence-electron chi connectivity index (χ1n) is 25.0. The van der Waals surface area contributed by atoms with Gasteiger partial charge in [0.15, 0.2) is 46.4 Å². The molecular weight excluding hydrogens is 1020 g/mol. The molecule has 26 nitrogen and oxygen atoms in total. The molecule has 9 N–H and O–H groups in total. The second-order valence-electron chi connectivity index (χ2n) is 19.9. The smallest absolute Gasteiger partial charge is 0.408 e. The number of benzene rings is 2. The van der Waals surface area contributed by atoms with E-state index >= 15 is 0 Å². The molecule has 0 radical (unpaired) electrons. The number of aromatic nitrogens is 8. The number of nitrogens with one attached hydrogen (secondary N) is 3. The predicted octanol–water partition coefficient (Wildman–Crippen LogP) is -0.0146. The molecule has 2 aromatic carbocycles. The number of imidazole rings is 2. The molecule has 8 rings (SSSR count). The van der Waals surface area contributed by atoms with Crippen LogP contribution >= 0.6 is 0 Å². The number of aliphatic hydroxyl groups is 4. The molecule has 3 amide bonds. The molecule has 10 atom stereocenters. The Hall–Kier alpha value is -8.21. The van der Waals surface area contributed by atoms with Crippen molar-refractivity contribution in [2.24, 2.45) is 5.73 Å². The molecule has 0 spiro atoms. The Morgan fingerprint density at radius 3 is 1.53 bits per heavy atom. The highest BCUT2D eigenvalue weighted by atomic mass is 16.6. The lowest BCUT2D eigenvalue weighted by atomic mass is 10.0. The van der Waals surface area contributed by atoms with Crippen LogP contribution in [0.2, 0.25) is 0 Å². The van der Waals surface area contributed by atoms with E-state index in [1.165, 1.54) is 29.9 Å². The minimum Gasteiger partial charge on any atom is -0.481 e. The Labute approximate surface area is 455 Å². The molecule has 420 valence electrons. The number of alkyl carbamates (subject to hydrolysis) is 1. The van der Waals surface area contributed by atoms with Gasteiger partial charge in [-0.05, 0) is 62.6 Å². The number of hydrogen-bond acceptors (Lipinski definition) is 21. The molecule has 4 unspecified atom stereocenters. The molecule has 0 bridgehead atoms. The first kappa shape index (κ1) is 58.5. The molecule has 2 aliphatic heterocycles. The van der Waals surface area contributed by atoms with Crippen molar-refractivity contribution in [1.82, 2.24) is 55.0 Å². The molecule has 79 heavy (non-hydrogen) atoms. The number of hydrogen-bond donors (Lipinski definition) is 8. The van der Waals surface area contributed by atoms with Gasteiger partial charge in [0, 0.05) is 34.6 Å². The highest BCUT2D eigenvalue weighted by Crippen LogP contribution is 2.34. The fraction of sp³-hybridized carbons (Fsp3) is 0.453. The maximum absolute atomic E-state index is 13.6. The largest absolute Gasteiger partial charge is 0.481 e. The van der Waals surface area contributed by atoms with Gasteiger partial charge < -0.3 is 75.6 Å². The summed E-state index contributed by atoms with van der Waals surface area (Å²) in [5.74, 6) is 6.05. The zero-order chi connectivity index (χ0) is 57.1. The number of aliphatic hydroxyl groups excluding tert-OH is 4. The molecule has 26 heteroatoms. The van der Waals surface area contributed by atoms with Crippen LogP contribution in [0.3, 0.4) is 0 Å². The van der Waals surface area contributed by atoms with Crippen molar-refractivity contribution in [3.8, 4) is 36.2 Å². The molecule has 6 aromatic rings. The summed E-state index contributed by atoms with van der Waals surface area (Å²) in [6.07, 6.45) is 9.43. The molecule has 0 saturated carbocycles. The molecule has 2 fully saturated rings. The third-order valence-corrected chi connectivity index (χ3v) is 12.5. The summed E-state index contributed by atoms with van der Waals surface area (Å²) in [6.45, 7) is 4.49. The Morgan fingerprint density at radius 1 is 0.696 bits per heavy atom. The highest BCUT2D eigenvalue weighted by molar-refractivity contribution is 5.87. The van der Waals surface area contributed by atoms with Crippen LogP contribution in [0.15, 0.2) is 73.8 Å². The second kappa shape index (κ2) is 26.0. The van der Waals surface area contributed by atoms with Gasteiger partial charge in [-0.25, -0.2) is 34.7 Å². The number of anilines is 2. The van der Waals surface area contributed by atoms with E-state index in [-0.39, 0.29) is 26.1 Å².